The summed E-state index contributed by atoms with van der Waals surface area (Å²) in [5.41, 5.74) is 0.644. The van der Waals surface area contributed by atoms with Crippen LogP contribution in [0.25, 0.3) is 0 Å². The second-order valence-electron chi connectivity index (χ2n) is 3.73. The van der Waals surface area contributed by atoms with E-state index in [1.165, 1.54) is 6.07 Å². The number of benzene rings is 1. The van der Waals surface area contributed by atoms with Crippen LogP contribution in [-0.4, -0.2) is 18.3 Å². The number of hydrogen-bond acceptors (Lipinski definition) is 2. The summed E-state index contributed by atoms with van der Waals surface area (Å²) in [4.78, 5) is 0. The molecule has 0 saturated heterocycles. The first kappa shape index (κ1) is 13.8. The van der Waals surface area contributed by atoms with Crippen LogP contribution in [0.5, 0.6) is 0 Å². The van der Waals surface area contributed by atoms with Crippen LogP contribution < -0.4 is 5.32 Å². The molecule has 17 heavy (non-hydrogen) atoms. The SMILES string of the molecule is CCNc1cc(C(F)(F)F)ccc1CCCO. The standard InChI is InChI=1S/C12H16F3NO/c1-2-16-11-8-10(12(13,14)15)6-5-9(11)4-3-7-17/h5-6,8,16-17H,2-4,7H2,1H3. The van der Waals surface area contributed by atoms with Crippen LogP contribution in [0.1, 0.15) is 24.5 Å². The van der Waals surface area contributed by atoms with E-state index >= 15 is 0 Å². The van der Waals surface area contributed by atoms with Crippen molar-refractivity contribution in [3.8, 4) is 0 Å². The zero-order valence-corrected chi connectivity index (χ0v) is 9.64. The summed E-state index contributed by atoms with van der Waals surface area (Å²) in [6.07, 6.45) is -3.21. The Morgan fingerprint density at radius 1 is 1.29 bits per heavy atom. The van der Waals surface area contributed by atoms with Gasteiger partial charge in [-0.3, -0.25) is 0 Å². The Morgan fingerprint density at radius 3 is 2.53 bits per heavy atom. The molecule has 0 unspecified atom stereocenters. The van der Waals surface area contributed by atoms with Crippen molar-refractivity contribution < 1.29 is 18.3 Å². The van der Waals surface area contributed by atoms with Gasteiger partial charge < -0.3 is 10.4 Å². The normalized spacial score (nSPS) is 11.6. The minimum Gasteiger partial charge on any atom is -0.396 e. The van der Waals surface area contributed by atoms with E-state index in [0.29, 0.717) is 25.1 Å². The Labute approximate surface area is 98.5 Å². The first-order valence-corrected chi connectivity index (χ1v) is 5.54. The Bertz CT molecular complexity index is 363. The van der Waals surface area contributed by atoms with Crippen LogP contribution in [0, 0.1) is 0 Å². The van der Waals surface area contributed by atoms with Gasteiger partial charge in [0, 0.05) is 18.8 Å². The van der Waals surface area contributed by atoms with E-state index in [1.54, 1.807) is 0 Å². The van der Waals surface area contributed by atoms with Crippen molar-refractivity contribution in [1.82, 2.24) is 0 Å². The Balaban J connectivity index is 2.99. The summed E-state index contributed by atoms with van der Waals surface area (Å²) in [6, 6.07) is 3.67. The molecule has 1 rings (SSSR count). The molecule has 96 valence electrons. The highest BCUT2D eigenvalue weighted by atomic mass is 19.4. The highest BCUT2D eigenvalue weighted by Gasteiger charge is 2.30. The minimum atomic E-state index is -4.32. The molecule has 0 fully saturated rings. The fraction of sp³-hybridized carbons (Fsp3) is 0.500. The molecular weight excluding hydrogens is 231 g/mol. The quantitative estimate of drug-likeness (QED) is 0.838. The lowest BCUT2D eigenvalue weighted by Crippen LogP contribution is -2.08. The molecular formula is C12H16F3NO. The fourth-order valence-electron chi connectivity index (χ4n) is 1.60. The highest BCUT2D eigenvalue weighted by molar-refractivity contribution is 5.54. The summed E-state index contributed by atoms with van der Waals surface area (Å²) in [6.45, 7) is 2.43. The third-order valence-electron chi connectivity index (χ3n) is 2.41. The molecule has 0 amide bonds. The monoisotopic (exact) mass is 247 g/mol. The average Bonchev–Trinajstić information content (AvgIpc) is 2.26. The van der Waals surface area contributed by atoms with Gasteiger partial charge in [-0.2, -0.15) is 13.2 Å². The minimum absolute atomic E-state index is 0.0343. The van der Waals surface area contributed by atoms with Gasteiger partial charge in [0.15, 0.2) is 0 Å². The van der Waals surface area contributed by atoms with E-state index in [2.05, 4.69) is 5.32 Å². The smallest absolute Gasteiger partial charge is 0.396 e. The maximum Gasteiger partial charge on any atom is 0.416 e. The molecule has 0 radical (unpaired) electrons. The Hall–Kier alpha value is -1.23. The lowest BCUT2D eigenvalue weighted by Gasteiger charge is -2.14. The zero-order chi connectivity index (χ0) is 12.9. The van der Waals surface area contributed by atoms with E-state index in [-0.39, 0.29) is 6.61 Å². The third kappa shape index (κ3) is 3.93. The van der Waals surface area contributed by atoms with Crippen LogP contribution in [0.3, 0.4) is 0 Å². The number of rotatable bonds is 5. The molecule has 2 N–H and O–H groups in total. The molecule has 0 atom stereocenters. The molecule has 0 aliphatic rings. The number of anilines is 1. The summed E-state index contributed by atoms with van der Waals surface area (Å²) >= 11 is 0. The van der Waals surface area contributed by atoms with Crippen molar-refractivity contribution in [3.63, 3.8) is 0 Å². The Morgan fingerprint density at radius 2 is 2.00 bits per heavy atom. The number of aliphatic hydroxyl groups is 1. The second-order valence-corrected chi connectivity index (χ2v) is 3.73. The molecule has 0 aliphatic heterocycles. The van der Waals surface area contributed by atoms with Crippen LogP contribution >= 0.6 is 0 Å². The molecule has 1 aromatic rings. The summed E-state index contributed by atoms with van der Waals surface area (Å²) in [7, 11) is 0. The van der Waals surface area contributed by atoms with Gasteiger partial charge in [0.25, 0.3) is 0 Å². The summed E-state index contributed by atoms with van der Waals surface area (Å²) < 4.78 is 37.6. The highest BCUT2D eigenvalue weighted by Crippen LogP contribution is 2.32. The van der Waals surface area contributed by atoms with Crippen molar-refractivity contribution in [2.45, 2.75) is 25.9 Å². The van der Waals surface area contributed by atoms with Crippen LogP contribution in [0.15, 0.2) is 18.2 Å². The topological polar surface area (TPSA) is 32.3 Å². The van der Waals surface area contributed by atoms with Gasteiger partial charge in [-0.25, -0.2) is 0 Å². The average molecular weight is 247 g/mol. The zero-order valence-electron chi connectivity index (χ0n) is 9.64. The number of nitrogens with one attached hydrogen (secondary N) is 1. The van der Waals surface area contributed by atoms with E-state index < -0.39 is 11.7 Å². The van der Waals surface area contributed by atoms with Gasteiger partial charge in [-0.05, 0) is 37.5 Å². The van der Waals surface area contributed by atoms with Crippen LogP contribution in [-0.2, 0) is 12.6 Å². The van der Waals surface area contributed by atoms with Crippen molar-refractivity contribution in [1.29, 1.82) is 0 Å². The van der Waals surface area contributed by atoms with Gasteiger partial charge in [-0.15, -0.1) is 0 Å². The second kappa shape index (κ2) is 5.91. The van der Waals surface area contributed by atoms with Crippen molar-refractivity contribution in [3.05, 3.63) is 29.3 Å². The molecule has 0 aromatic heterocycles. The fourth-order valence-corrected chi connectivity index (χ4v) is 1.60. The van der Waals surface area contributed by atoms with Gasteiger partial charge in [-0.1, -0.05) is 6.07 Å². The number of halogens is 3. The molecule has 0 aliphatic carbocycles. The Kier molecular flexibility index (Phi) is 4.81. The maximum atomic E-state index is 12.5. The lowest BCUT2D eigenvalue weighted by molar-refractivity contribution is -0.137. The van der Waals surface area contributed by atoms with E-state index in [0.717, 1.165) is 17.7 Å². The van der Waals surface area contributed by atoms with Crippen molar-refractivity contribution in [2.24, 2.45) is 0 Å². The van der Waals surface area contributed by atoms with Gasteiger partial charge in [0.2, 0.25) is 0 Å². The van der Waals surface area contributed by atoms with Gasteiger partial charge in [0.05, 0.1) is 5.56 Å². The molecule has 5 heteroatoms. The number of hydrogen-bond donors (Lipinski definition) is 2. The van der Waals surface area contributed by atoms with Crippen LogP contribution in [0.4, 0.5) is 18.9 Å². The predicted octanol–water partition coefficient (Wildman–Crippen LogP) is 3.06. The van der Waals surface area contributed by atoms with E-state index in [9.17, 15) is 13.2 Å². The number of aryl methyl sites for hydroxylation is 1. The molecule has 0 spiro atoms. The molecule has 0 saturated carbocycles. The molecule has 0 heterocycles. The van der Waals surface area contributed by atoms with Gasteiger partial charge in [0.1, 0.15) is 0 Å². The lowest BCUT2D eigenvalue weighted by atomic mass is 10.0. The third-order valence-corrected chi connectivity index (χ3v) is 2.41. The number of alkyl halides is 3. The number of aliphatic hydroxyl groups excluding tert-OH is 1. The van der Waals surface area contributed by atoms with E-state index in [4.69, 9.17) is 5.11 Å². The summed E-state index contributed by atoms with van der Waals surface area (Å²) in [5, 5.41) is 11.6. The first-order chi connectivity index (χ1) is 7.99. The molecule has 2 nitrogen and oxygen atoms in total. The summed E-state index contributed by atoms with van der Waals surface area (Å²) in [5.74, 6) is 0. The molecule has 0 bridgehead atoms. The van der Waals surface area contributed by atoms with Crippen molar-refractivity contribution in [2.75, 3.05) is 18.5 Å². The maximum absolute atomic E-state index is 12.5. The first-order valence-electron chi connectivity index (χ1n) is 5.54. The van der Waals surface area contributed by atoms with E-state index in [1.807, 2.05) is 6.92 Å². The molecule has 1 aromatic carbocycles. The largest absolute Gasteiger partial charge is 0.416 e. The van der Waals surface area contributed by atoms with Crippen LogP contribution in [0.2, 0.25) is 0 Å². The predicted molar refractivity (Wildman–Crippen MR) is 61.0 cm³/mol. The van der Waals surface area contributed by atoms with Gasteiger partial charge >= 0.3 is 6.18 Å². The van der Waals surface area contributed by atoms with Crippen molar-refractivity contribution >= 4 is 5.69 Å².